The van der Waals surface area contributed by atoms with Gasteiger partial charge in [0.15, 0.2) is 5.69 Å². The molecule has 1 aliphatic rings. The van der Waals surface area contributed by atoms with Crippen molar-refractivity contribution < 1.29 is 9.18 Å². The second-order valence-electron chi connectivity index (χ2n) is 7.51. The summed E-state index contributed by atoms with van der Waals surface area (Å²) < 4.78 is 15.8. The Labute approximate surface area is 179 Å². The molecule has 2 aromatic carbocycles. The highest BCUT2D eigenvalue weighted by atomic mass is 19.1. The number of carbonyl (C=O) groups is 1. The van der Waals surface area contributed by atoms with Crippen molar-refractivity contribution in [2.75, 3.05) is 18.0 Å². The Balaban J connectivity index is 1.59. The summed E-state index contributed by atoms with van der Waals surface area (Å²) in [6.45, 7) is 5.55. The van der Waals surface area contributed by atoms with E-state index < -0.39 is 5.91 Å². The molecule has 160 valence electrons. The van der Waals surface area contributed by atoms with Crippen LogP contribution in [0.1, 0.15) is 42.7 Å². The summed E-state index contributed by atoms with van der Waals surface area (Å²) in [5, 5.41) is 9.21. The van der Waals surface area contributed by atoms with Gasteiger partial charge in [-0.25, -0.2) is 14.5 Å². The summed E-state index contributed by atoms with van der Waals surface area (Å²) >= 11 is 0. The molecular weight excluding hydrogens is 397 g/mol. The number of amides is 1. The maximum absolute atomic E-state index is 14.6. The lowest BCUT2D eigenvalue weighted by Gasteiger charge is -2.18. The minimum Gasteiger partial charge on any atom is -0.369 e. The zero-order valence-corrected chi connectivity index (χ0v) is 17.6. The van der Waals surface area contributed by atoms with Crippen LogP contribution < -0.4 is 15.9 Å². The highest BCUT2D eigenvalue weighted by Crippen LogP contribution is 2.24. The van der Waals surface area contributed by atoms with Crippen LogP contribution in [0.3, 0.4) is 0 Å². The summed E-state index contributed by atoms with van der Waals surface area (Å²) in [4.78, 5) is 27.3. The standard InChI is InChI=1S/C23H24FN5O2/c1-3-29-23(31)18-9-5-4-8-17(18)21(27-29)22(30)26-25-15(2)16-10-11-20(19(24)14-16)28-12-6-7-13-28/h4-5,8-11,14H,3,6-7,12-13H2,1-2H3,(H,26,30)/b25-15-. The molecule has 8 heteroatoms. The number of fused-ring (bicyclic) bond motifs is 1. The van der Waals surface area contributed by atoms with Crippen LogP contribution in [0.5, 0.6) is 0 Å². The lowest BCUT2D eigenvalue weighted by molar-refractivity contribution is 0.0949. The molecule has 2 heterocycles. The van der Waals surface area contributed by atoms with E-state index in [2.05, 4.69) is 15.6 Å². The van der Waals surface area contributed by atoms with Gasteiger partial charge in [0.2, 0.25) is 0 Å². The first kappa shape index (κ1) is 20.7. The van der Waals surface area contributed by atoms with E-state index in [1.807, 2.05) is 4.90 Å². The molecular formula is C23H24FN5O2. The lowest BCUT2D eigenvalue weighted by Crippen LogP contribution is -2.28. The molecule has 1 fully saturated rings. The number of anilines is 1. The normalized spacial score (nSPS) is 14.3. The third-order valence-electron chi connectivity index (χ3n) is 5.52. The number of carbonyl (C=O) groups excluding carboxylic acids is 1. The summed E-state index contributed by atoms with van der Waals surface area (Å²) in [5.41, 5.74) is 4.00. The largest absolute Gasteiger partial charge is 0.369 e. The van der Waals surface area contributed by atoms with Crippen LogP contribution in [0.25, 0.3) is 10.8 Å². The van der Waals surface area contributed by atoms with Gasteiger partial charge in [-0.3, -0.25) is 9.59 Å². The van der Waals surface area contributed by atoms with Crippen molar-refractivity contribution in [3.63, 3.8) is 0 Å². The number of hydrogen-bond acceptors (Lipinski definition) is 5. The molecule has 4 rings (SSSR count). The molecule has 7 nitrogen and oxygen atoms in total. The highest BCUT2D eigenvalue weighted by Gasteiger charge is 2.18. The van der Waals surface area contributed by atoms with Gasteiger partial charge in [-0.05, 0) is 44.9 Å². The first-order valence-electron chi connectivity index (χ1n) is 10.4. The van der Waals surface area contributed by atoms with E-state index in [-0.39, 0.29) is 17.1 Å². The van der Waals surface area contributed by atoms with Gasteiger partial charge in [0.05, 0.1) is 16.8 Å². The van der Waals surface area contributed by atoms with E-state index >= 15 is 0 Å². The molecule has 0 spiro atoms. The van der Waals surface area contributed by atoms with Crippen LogP contribution in [-0.4, -0.2) is 34.5 Å². The summed E-state index contributed by atoms with van der Waals surface area (Å²) in [6.07, 6.45) is 2.14. The van der Waals surface area contributed by atoms with Crippen molar-refractivity contribution in [1.29, 1.82) is 0 Å². The summed E-state index contributed by atoms with van der Waals surface area (Å²) in [6, 6.07) is 11.8. The number of halogens is 1. The van der Waals surface area contributed by atoms with E-state index in [4.69, 9.17) is 0 Å². The Bertz CT molecular complexity index is 1230. The van der Waals surface area contributed by atoms with Crippen LogP contribution in [0.15, 0.2) is 52.4 Å². The van der Waals surface area contributed by atoms with Gasteiger partial charge < -0.3 is 4.90 Å². The Morgan fingerprint density at radius 3 is 2.55 bits per heavy atom. The number of nitrogens with zero attached hydrogens (tertiary/aromatic N) is 4. The second-order valence-corrected chi connectivity index (χ2v) is 7.51. The molecule has 1 aromatic heterocycles. The monoisotopic (exact) mass is 421 g/mol. The van der Waals surface area contributed by atoms with Gasteiger partial charge in [-0.1, -0.05) is 24.3 Å². The fraction of sp³-hybridized carbons (Fsp3) is 0.304. The molecule has 1 saturated heterocycles. The van der Waals surface area contributed by atoms with Crippen LogP contribution in [-0.2, 0) is 6.54 Å². The van der Waals surface area contributed by atoms with Gasteiger partial charge in [0, 0.05) is 30.6 Å². The number of aryl methyl sites for hydroxylation is 1. The third kappa shape index (κ3) is 4.05. The van der Waals surface area contributed by atoms with E-state index in [1.54, 1.807) is 50.2 Å². The van der Waals surface area contributed by atoms with Crippen molar-refractivity contribution in [3.05, 3.63) is 69.9 Å². The van der Waals surface area contributed by atoms with Crippen LogP contribution >= 0.6 is 0 Å². The Kier molecular flexibility index (Phi) is 5.79. The van der Waals surface area contributed by atoms with E-state index in [1.165, 1.54) is 10.7 Å². The molecule has 0 unspecified atom stereocenters. The molecule has 3 aromatic rings. The highest BCUT2D eigenvalue weighted by molar-refractivity contribution is 6.06. The van der Waals surface area contributed by atoms with Gasteiger partial charge in [0.25, 0.3) is 11.5 Å². The summed E-state index contributed by atoms with van der Waals surface area (Å²) in [7, 11) is 0. The topological polar surface area (TPSA) is 79.6 Å². The fourth-order valence-corrected chi connectivity index (χ4v) is 3.82. The van der Waals surface area contributed by atoms with Crippen LogP contribution in [0, 0.1) is 5.82 Å². The number of hydrogen-bond donors (Lipinski definition) is 1. The molecule has 0 radical (unpaired) electrons. The van der Waals surface area contributed by atoms with Crippen molar-refractivity contribution in [1.82, 2.24) is 15.2 Å². The van der Waals surface area contributed by atoms with Gasteiger partial charge in [0.1, 0.15) is 5.82 Å². The molecule has 31 heavy (non-hydrogen) atoms. The molecule has 0 bridgehead atoms. The molecule has 0 aliphatic carbocycles. The van der Waals surface area contributed by atoms with Crippen molar-refractivity contribution >= 4 is 28.1 Å². The number of nitrogens with one attached hydrogen (secondary N) is 1. The smallest absolute Gasteiger partial charge is 0.292 e. The average molecular weight is 421 g/mol. The van der Waals surface area contributed by atoms with Crippen molar-refractivity contribution in [2.45, 2.75) is 33.2 Å². The van der Waals surface area contributed by atoms with Gasteiger partial charge in [-0.15, -0.1) is 0 Å². The third-order valence-corrected chi connectivity index (χ3v) is 5.52. The SMILES string of the molecule is CCn1nc(C(=O)N/N=C(/C)c2ccc(N3CCCC3)c(F)c2)c2ccccc2c1=O. The average Bonchev–Trinajstić information content (AvgIpc) is 3.32. The number of benzene rings is 2. The molecule has 1 aliphatic heterocycles. The van der Waals surface area contributed by atoms with Gasteiger partial charge >= 0.3 is 0 Å². The van der Waals surface area contributed by atoms with E-state index in [0.29, 0.717) is 34.3 Å². The number of rotatable bonds is 5. The number of aromatic nitrogens is 2. The van der Waals surface area contributed by atoms with Crippen molar-refractivity contribution in [3.8, 4) is 0 Å². The maximum Gasteiger partial charge on any atom is 0.292 e. The van der Waals surface area contributed by atoms with Crippen LogP contribution in [0.2, 0.25) is 0 Å². The second kappa shape index (κ2) is 8.67. The fourth-order valence-electron chi connectivity index (χ4n) is 3.82. The van der Waals surface area contributed by atoms with Crippen molar-refractivity contribution in [2.24, 2.45) is 5.10 Å². The molecule has 1 amide bonds. The Hall–Kier alpha value is -3.55. The summed E-state index contributed by atoms with van der Waals surface area (Å²) in [5.74, 6) is -0.838. The number of hydrazone groups is 1. The van der Waals surface area contributed by atoms with E-state index in [0.717, 1.165) is 25.9 Å². The molecule has 0 atom stereocenters. The Morgan fingerprint density at radius 2 is 1.87 bits per heavy atom. The zero-order chi connectivity index (χ0) is 22.0. The quantitative estimate of drug-likeness (QED) is 0.506. The minimum atomic E-state index is -0.535. The predicted octanol–water partition coefficient (Wildman–Crippen LogP) is 3.31. The van der Waals surface area contributed by atoms with Crippen LogP contribution in [0.4, 0.5) is 10.1 Å². The molecule has 0 saturated carbocycles. The molecule has 1 N–H and O–H groups in total. The zero-order valence-electron chi connectivity index (χ0n) is 17.6. The first-order chi connectivity index (χ1) is 15.0. The maximum atomic E-state index is 14.6. The Morgan fingerprint density at radius 1 is 1.16 bits per heavy atom. The van der Waals surface area contributed by atoms with E-state index in [9.17, 15) is 14.0 Å². The van der Waals surface area contributed by atoms with Gasteiger partial charge in [-0.2, -0.15) is 10.2 Å². The first-order valence-corrected chi connectivity index (χ1v) is 10.4. The predicted molar refractivity (Wildman–Crippen MR) is 119 cm³/mol. The lowest BCUT2D eigenvalue weighted by atomic mass is 10.1. The minimum absolute atomic E-state index is 0.115.